The summed E-state index contributed by atoms with van der Waals surface area (Å²) in [6.07, 6.45) is 0.126. The number of ether oxygens (including phenoxy) is 2. The molecular formula is C49H60F4N12O9. The summed E-state index contributed by atoms with van der Waals surface area (Å²) in [5.41, 5.74) is 13.8. The zero-order valence-corrected chi connectivity index (χ0v) is 40.6. The van der Waals surface area contributed by atoms with Crippen LogP contribution in [0.15, 0.2) is 66.9 Å². The number of halogens is 4. The fourth-order valence-electron chi connectivity index (χ4n) is 9.47. The van der Waals surface area contributed by atoms with Crippen LogP contribution in [0.4, 0.5) is 45.2 Å². The molecule has 8 rings (SSSR count). The minimum absolute atomic E-state index is 0.0907. The SMILES string of the molecule is C[C@@H]1CNCCN1CCOc1cc(N2C3CCC2CN(c2cc(-c4cc(F)ccc4OCc4ccc(NC(=O)[C@H](CCCNC(N)=O)NC(=O)C5(C(=O)O)CCC5)cc4)nnc2N)C3)ccn1.O=C(O)C(F)(F)F. The Bertz CT molecular complexity index is 2630. The molecule has 4 aliphatic rings. The first-order valence-electron chi connectivity index (χ1n) is 24.2. The third-order valence-corrected chi connectivity index (χ3v) is 13.6. The van der Waals surface area contributed by atoms with Crippen molar-refractivity contribution in [3.63, 3.8) is 0 Å². The molecule has 21 nitrogen and oxygen atoms in total. The van der Waals surface area contributed by atoms with E-state index in [2.05, 4.69) is 58.1 Å². The summed E-state index contributed by atoms with van der Waals surface area (Å²) in [5, 5.41) is 36.9. The molecular weight excluding hydrogens is 977 g/mol. The van der Waals surface area contributed by atoms with Crippen molar-refractivity contribution in [3.8, 4) is 22.9 Å². The summed E-state index contributed by atoms with van der Waals surface area (Å²) >= 11 is 0. The number of anilines is 4. The molecule has 3 aliphatic heterocycles. The third-order valence-electron chi connectivity index (χ3n) is 13.6. The highest BCUT2D eigenvalue weighted by Gasteiger charge is 2.52. The third kappa shape index (κ3) is 13.5. The maximum absolute atomic E-state index is 14.9. The van der Waals surface area contributed by atoms with E-state index in [1.807, 2.05) is 24.4 Å². The average Bonchev–Trinajstić information content (AvgIpc) is 3.61. The van der Waals surface area contributed by atoms with Crippen LogP contribution in [0.25, 0.3) is 11.3 Å². The van der Waals surface area contributed by atoms with E-state index in [4.69, 9.17) is 30.8 Å². The maximum Gasteiger partial charge on any atom is 0.490 e. The van der Waals surface area contributed by atoms with E-state index in [9.17, 15) is 41.8 Å². The quantitative estimate of drug-likeness (QED) is 0.0372. The second-order valence-corrected chi connectivity index (χ2v) is 18.6. The lowest BCUT2D eigenvalue weighted by molar-refractivity contribution is -0.192. The standard InChI is InChI=1S/C47H59FN12O7.C2HF3O2/c1-29-25-51-18-19-58(29)20-21-66-41-23-33(13-17-52-41)60-34-10-11-35(60)27-59(26-34)39-24-38(56-57-42(39)49)36-22-31(48)7-12-40(36)67-28-30-5-8-32(9-6-30)54-43(61)37(4-2-16-53-46(50)65)55-44(62)47(45(63)64)14-3-15-47;3-2(4,5)1(6)7/h5-9,12-13,17,22-24,29,34-35,37,51H,2-4,10-11,14-16,18-21,25-28H2,1H3,(H2,49,57)(H,54,61)(H,55,62)(H,63,64)(H3,50,53,65);(H,6,7)/t29-,34?,35?,37+;/m1./s1. The first kappa shape index (κ1) is 54.2. The van der Waals surface area contributed by atoms with E-state index in [0.29, 0.717) is 72.8 Å². The molecule has 398 valence electrons. The van der Waals surface area contributed by atoms with Crippen LogP contribution in [0.3, 0.4) is 0 Å². The van der Waals surface area contributed by atoms with Gasteiger partial charge in [0.15, 0.2) is 5.82 Å². The number of carboxylic acid groups (broad SMARTS) is 2. The van der Waals surface area contributed by atoms with Crippen molar-refractivity contribution in [3.05, 3.63) is 78.2 Å². The van der Waals surface area contributed by atoms with Gasteiger partial charge in [0.25, 0.3) is 0 Å². The molecule has 10 N–H and O–H groups in total. The van der Waals surface area contributed by atoms with Gasteiger partial charge in [-0.15, -0.1) is 10.2 Å². The molecule has 25 heteroatoms. The lowest BCUT2D eigenvalue weighted by atomic mass is 9.68. The van der Waals surface area contributed by atoms with Crippen LogP contribution in [0.1, 0.15) is 57.4 Å². The van der Waals surface area contributed by atoms with Gasteiger partial charge in [-0.25, -0.2) is 19.0 Å². The topological polar surface area (TPSA) is 293 Å². The number of hydrogen-bond acceptors (Lipinski definition) is 15. The summed E-state index contributed by atoms with van der Waals surface area (Å²) < 4.78 is 59.0. The van der Waals surface area contributed by atoms with Gasteiger partial charge in [-0.2, -0.15) is 13.2 Å². The van der Waals surface area contributed by atoms with Crippen LogP contribution in [-0.2, 0) is 25.8 Å². The van der Waals surface area contributed by atoms with Crippen molar-refractivity contribution >= 4 is 52.7 Å². The number of alkyl halides is 3. The van der Waals surface area contributed by atoms with Gasteiger partial charge in [-0.3, -0.25) is 19.3 Å². The number of piperazine rings is 2. The summed E-state index contributed by atoms with van der Waals surface area (Å²) in [7, 11) is 0. The lowest BCUT2D eigenvalue weighted by Crippen LogP contribution is -2.55. The molecule has 0 spiro atoms. The maximum atomic E-state index is 14.9. The molecule has 4 aromatic rings. The van der Waals surface area contributed by atoms with Crippen molar-refractivity contribution in [2.75, 3.05) is 73.3 Å². The number of nitrogens with one attached hydrogen (secondary N) is 4. The number of pyridine rings is 1. The molecule has 3 saturated heterocycles. The molecule has 4 amide bonds. The molecule has 2 bridgehead atoms. The number of amides is 4. The van der Waals surface area contributed by atoms with Crippen LogP contribution < -0.4 is 52.0 Å². The Balaban J connectivity index is 0.00000107. The number of nitrogens with two attached hydrogens (primary N) is 2. The first-order chi connectivity index (χ1) is 35.3. The van der Waals surface area contributed by atoms with Crippen molar-refractivity contribution in [2.24, 2.45) is 11.1 Å². The number of nitrogens with zero attached hydrogens (tertiary/aromatic N) is 6. The number of primary amides is 1. The van der Waals surface area contributed by atoms with Crippen molar-refractivity contribution < 1.29 is 61.2 Å². The van der Waals surface area contributed by atoms with Crippen molar-refractivity contribution in [1.29, 1.82) is 0 Å². The molecule has 2 aromatic heterocycles. The van der Waals surface area contributed by atoms with E-state index in [-0.39, 0.29) is 50.3 Å². The first-order valence-corrected chi connectivity index (χ1v) is 24.2. The van der Waals surface area contributed by atoms with Gasteiger partial charge in [0.1, 0.15) is 36.2 Å². The van der Waals surface area contributed by atoms with Gasteiger partial charge >= 0.3 is 24.1 Å². The number of fused-ring (bicyclic) bond motifs is 2. The normalized spacial score (nSPS) is 19.4. The summed E-state index contributed by atoms with van der Waals surface area (Å²) in [6.45, 7) is 8.25. The zero-order valence-electron chi connectivity index (χ0n) is 40.6. The fraction of sp³-hybridized carbons (Fsp3) is 0.469. The number of carbonyl (C=O) groups excluding carboxylic acids is 3. The molecule has 2 unspecified atom stereocenters. The Morgan fingerprint density at radius 3 is 2.32 bits per heavy atom. The molecule has 5 heterocycles. The Morgan fingerprint density at radius 1 is 0.973 bits per heavy atom. The minimum Gasteiger partial charge on any atom is -0.488 e. The summed E-state index contributed by atoms with van der Waals surface area (Å²) in [6, 6.07) is 16.1. The van der Waals surface area contributed by atoms with Gasteiger partial charge in [0.05, 0.1) is 11.4 Å². The largest absolute Gasteiger partial charge is 0.490 e. The smallest absolute Gasteiger partial charge is 0.488 e. The van der Waals surface area contributed by atoms with E-state index < -0.39 is 53.2 Å². The minimum atomic E-state index is -5.08. The highest BCUT2D eigenvalue weighted by molar-refractivity contribution is 6.05. The predicted octanol–water partition coefficient (Wildman–Crippen LogP) is 4.13. The Kier molecular flexibility index (Phi) is 17.6. The molecule has 1 aliphatic carbocycles. The average molecular weight is 1040 g/mol. The number of benzene rings is 2. The summed E-state index contributed by atoms with van der Waals surface area (Å²) in [5.74, 6) is -4.46. The van der Waals surface area contributed by atoms with E-state index in [1.165, 1.54) is 12.1 Å². The molecule has 74 heavy (non-hydrogen) atoms. The number of carboxylic acids is 2. The van der Waals surface area contributed by atoms with Crippen LogP contribution in [0, 0.1) is 11.2 Å². The number of carbonyl (C=O) groups is 5. The molecule has 1 saturated carbocycles. The Hall–Kier alpha value is -7.54. The molecule has 4 atom stereocenters. The van der Waals surface area contributed by atoms with Gasteiger partial charge < -0.3 is 62.2 Å². The summed E-state index contributed by atoms with van der Waals surface area (Å²) in [4.78, 5) is 70.2. The highest BCUT2D eigenvalue weighted by Crippen LogP contribution is 2.42. The molecule has 0 radical (unpaired) electrons. The van der Waals surface area contributed by atoms with Gasteiger partial charge in [-0.1, -0.05) is 18.6 Å². The lowest BCUT2D eigenvalue weighted by Gasteiger charge is -2.43. The van der Waals surface area contributed by atoms with Crippen molar-refractivity contribution in [1.82, 2.24) is 36.0 Å². The van der Waals surface area contributed by atoms with Gasteiger partial charge in [-0.05, 0) is 93.5 Å². The molecule has 4 fully saturated rings. The number of rotatable bonds is 19. The number of urea groups is 1. The number of nitrogen functional groups attached to an aromatic ring is 1. The van der Waals surface area contributed by atoms with Crippen LogP contribution in [-0.4, -0.2) is 143 Å². The van der Waals surface area contributed by atoms with Crippen LogP contribution >= 0.6 is 0 Å². The fourth-order valence-corrected chi connectivity index (χ4v) is 9.47. The van der Waals surface area contributed by atoms with E-state index >= 15 is 0 Å². The Labute approximate surface area is 423 Å². The van der Waals surface area contributed by atoms with Gasteiger partial charge in [0, 0.05) is 93.1 Å². The monoisotopic (exact) mass is 1040 g/mol. The second kappa shape index (κ2) is 24.0. The van der Waals surface area contributed by atoms with Gasteiger partial charge in [0.2, 0.25) is 17.7 Å². The van der Waals surface area contributed by atoms with Crippen molar-refractivity contribution in [2.45, 2.75) is 88.8 Å². The number of aromatic nitrogens is 3. The van der Waals surface area contributed by atoms with E-state index in [0.717, 1.165) is 50.3 Å². The zero-order chi connectivity index (χ0) is 53.2. The van der Waals surface area contributed by atoms with Crippen LogP contribution in [0.2, 0.25) is 0 Å². The number of aliphatic carboxylic acids is 2. The van der Waals surface area contributed by atoms with E-state index in [1.54, 1.807) is 30.3 Å². The second-order valence-electron chi connectivity index (χ2n) is 18.6. The molecule has 2 aromatic carbocycles. The highest BCUT2D eigenvalue weighted by atomic mass is 19.4. The van der Waals surface area contributed by atoms with Crippen LogP contribution in [0.5, 0.6) is 11.6 Å². The number of hydrogen-bond donors (Lipinski definition) is 8. The predicted molar refractivity (Wildman–Crippen MR) is 263 cm³/mol. The Morgan fingerprint density at radius 2 is 1.69 bits per heavy atom.